The van der Waals surface area contributed by atoms with E-state index in [0.29, 0.717) is 19.8 Å². The predicted octanol–water partition coefficient (Wildman–Crippen LogP) is 2.07. The number of ether oxygens (including phenoxy) is 2. The van der Waals surface area contributed by atoms with Gasteiger partial charge in [0, 0.05) is 6.54 Å². The van der Waals surface area contributed by atoms with E-state index in [4.69, 9.17) is 9.47 Å². The van der Waals surface area contributed by atoms with Crippen LogP contribution in [-0.4, -0.2) is 37.7 Å². The molecule has 2 aliphatic rings. The van der Waals surface area contributed by atoms with Crippen LogP contribution in [0.3, 0.4) is 0 Å². The molecule has 6 heteroatoms. The summed E-state index contributed by atoms with van der Waals surface area (Å²) in [7, 11) is 0. The zero-order valence-corrected chi connectivity index (χ0v) is 14.3. The Morgan fingerprint density at radius 3 is 2.78 bits per heavy atom. The SMILES string of the molecule is CC1(C(=O)NCCc2ccc3c(c2)OCCO3)CCCCN1.Cl. The third-order valence-corrected chi connectivity index (χ3v) is 4.43. The van der Waals surface area contributed by atoms with Crippen molar-refractivity contribution >= 4 is 18.3 Å². The van der Waals surface area contributed by atoms with Gasteiger partial charge in [0.05, 0.1) is 5.54 Å². The molecule has 1 unspecified atom stereocenters. The number of hydrogen-bond donors (Lipinski definition) is 2. The maximum atomic E-state index is 12.3. The summed E-state index contributed by atoms with van der Waals surface area (Å²) >= 11 is 0. The van der Waals surface area contributed by atoms with Gasteiger partial charge in [0.2, 0.25) is 5.91 Å². The molecule has 2 N–H and O–H groups in total. The first-order chi connectivity index (χ1) is 10.7. The van der Waals surface area contributed by atoms with Gasteiger partial charge in [-0.3, -0.25) is 4.79 Å². The highest BCUT2D eigenvalue weighted by atomic mass is 35.5. The fourth-order valence-electron chi connectivity index (χ4n) is 3.01. The molecule has 2 heterocycles. The molecule has 1 saturated heterocycles. The van der Waals surface area contributed by atoms with E-state index in [-0.39, 0.29) is 18.3 Å². The van der Waals surface area contributed by atoms with Crippen molar-refractivity contribution in [3.05, 3.63) is 23.8 Å². The Balaban J connectivity index is 0.00000192. The molecule has 1 amide bonds. The molecule has 0 bridgehead atoms. The predicted molar refractivity (Wildman–Crippen MR) is 91.7 cm³/mol. The van der Waals surface area contributed by atoms with Gasteiger partial charge in [-0.2, -0.15) is 0 Å². The van der Waals surface area contributed by atoms with Crippen molar-refractivity contribution in [2.24, 2.45) is 0 Å². The zero-order chi connectivity index (χ0) is 15.4. The third kappa shape index (κ3) is 4.30. The Kier molecular flexibility index (Phi) is 6.13. The molecule has 1 aromatic carbocycles. The van der Waals surface area contributed by atoms with Gasteiger partial charge in [-0.05, 0) is 56.8 Å². The average Bonchev–Trinajstić information content (AvgIpc) is 2.55. The minimum Gasteiger partial charge on any atom is -0.486 e. The van der Waals surface area contributed by atoms with E-state index in [1.807, 2.05) is 25.1 Å². The lowest BCUT2D eigenvalue weighted by Gasteiger charge is -2.33. The highest BCUT2D eigenvalue weighted by Crippen LogP contribution is 2.30. The van der Waals surface area contributed by atoms with Crippen molar-refractivity contribution in [2.45, 2.75) is 38.1 Å². The van der Waals surface area contributed by atoms with Crippen molar-refractivity contribution in [2.75, 3.05) is 26.3 Å². The van der Waals surface area contributed by atoms with Gasteiger partial charge >= 0.3 is 0 Å². The van der Waals surface area contributed by atoms with Crippen molar-refractivity contribution < 1.29 is 14.3 Å². The Labute approximate surface area is 143 Å². The quantitative estimate of drug-likeness (QED) is 0.881. The molecular formula is C17H25ClN2O3. The van der Waals surface area contributed by atoms with E-state index in [9.17, 15) is 4.79 Å². The molecule has 23 heavy (non-hydrogen) atoms. The lowest BCUT2D eigenvalue weighted by Crippen LogP contribution is -2.57. The maximum absolute atomic E-state index is 12.3. The average molecular weight is 341 g/mol. The van der Waals surface area contributed by atoms with Gasteiger partial charge in [0.15, 0.2) is 11.5 Å². The third-order valence-electron chi connectivity index (χ3n) is 4.43. The van der Waals surface area contributed by atoms with Gasteiger partial charge in [-0.1, -0.05) is 6.07 Å². The number of carbonyl (C=O) groups excluding carboxylic acids is 1. The molecule has 1 aromatic rings. The first-order valence-electron chi connectivity index (χ1n) is 8.09. The Morgan fingerprint density at radius 1 is 1.26 bits per heavy atom. The molecule has 128 valence electrons. The summed E-state index contributed by atoms with van der Waals surface area (Å²) in [5, 5.41) is 6.38. The van der Waals surface area contributed by atoms with Crippen LogP contribution in [-0.2, 0) is 11.2 Å². The van der Waals surface area contributed by atoms with E-state index in [1.54, 1.807) is 0 Å². The van der Waals surface area contributed by atoms with Gasteiger partial charge in [-0.15, -0.1) is 12.4 Å². The molecule has 0 radical (unpaired) electrons. The van der Waals surface area contributed by atoms with Crippen LogP contribution in [0.2, 0.25) is 0 Å². The van der Waals surface area contributed by atoms with E-state index in [2.05, 4.69) is 10.6 Å². The smallest absolute Gasteiger partial charge is 0.240 e. The Bertz CT molecular complexity index is 545. The van der Waals surface area contributed by atoms with Crippen molar-refractivity contribution in [3.8, 4) is 11.5 Å². The van der Waals surface area contributed by atoms with Gasteiger partial charge in [0.1, 0.15) is 13.2 Å². The van der Waals surface area contributed by atoms with Gasteiger partial charge < -0.3 is 20.1 Å². The number of nitrogens with one attached hydrogen (secondary N) is 2. The van der Waals surface area contributed by atoms with Crippen LogP contribution in [0.25, 0.3) is 0 Å². The van der Waals surface area contributed by atoms with E-state index in [1.165, 1.54) is 0 Å². The fourth-order valence-corrected chi connectivity index (χ4v) is 3.01. The summed E-state index contributed by atoms with van der Waals surface area (Å²) < 4.78 is 11.1. The second-order valence-electron chi connectivity index (χ2n) is 6.20. The first kappa shape index (κ1) is 17.9. The lowest BCUT2D eigenvalue weighted by atomic mass is 9.90. The highest BCUT2D eigenvalue weighted by Gasteiger charge is 2.33. The molecule has 3 rings (SSSR count). The van der Waals surface area contributed by atoms with Crippen LogP contribution in [0, 0.1) is 0 Å². The van der Waals surface area contributed by atoms with Crippen LogP contribution < -0.4 is 20.1 Å². The summed E-state index contributed by atoms with van der Waals surface area (Å²) in [6.07, 6.45) is 3.96. The van der Waals surface area contributed by atoms with E-state index >= 15 is 0 Å². The van der Waals surface area contributed by atoms with Gasteiger partial charge in [0.25, 0.3) is 0 Å². The number of fused-ring (bicyclic) bond motifs is 1. The summed E-state index contributed by atoms with van der Waals surface area (Å²) in [6, 6.07) is 5.97. The number of rotatable bonds is 4. The summed E-state index contributed by atoms with van der Waals surface area (Å²) in [6.45, 7) is 4.75. The van der Waals surface area contributed by atoms with Crippen LogP contribution >= 0.6 is 12.4 Å². The molecule has 0 aliphatic carbocycles. The Hall–Kier alpha value is -1.46. The second-order valence-corrected chi connectivity index (χ2v) is 6.20. The van der Waals surface area contributed by atoms with Crippen molar-refractivity contribution in [1.82, 2.24) is 10.6 Å². The molecule has 0 aromatic heterocycles. The first-order valence-corrected chi connectivity index (χ1v) is 8.09. The number of carbonyl (C=O) groups is 1. The monoisotopic (exact) mass is 340 g/mol. The number of amides is 1. The van der Waals surface area contributed by atoms with Crippen LogP contribution in [0.5, 0.6) is 11.5 Å². The minimum atomic E-state index is -0.412. The number of piperidine rings is 1. The minimum absolute atomic E-state index is 0. The largest absolute Gasteiger partial charge is 0.486 e. The number of benzene rings is 1. The van der Waals surface area contributed by atoms with Crippen LogP contribution in [0.1, 0.15) is 31.7 Å². The number of halogens is 1. The molecule has 1 fully saturated rings. The van der Waals surface area contributed by atoms with Crippen LogP contribution in [0.15, 0.2) is 18.2 Å². The summed E-state index contributed by atoms with van der Waals surface area (Å²) in [4.78, 5) is 12.3. The fraction of sp³-hybridized carbons (Fsp3) is 0.588. The second kappa shape index (κ2) is 7.88. The van der Waals surface area contributed by atoms with Gasteiger partial charge in [-0.25, -0.2) is 0 Å². The Morgan fingerprint density at radius 2 is 2.04 bits per heavy atom. The van der Waals surface area contributed by atoms with E-state index < -0.39 is 5.54 Å². The molecule has 5 nitrogen and oxygen atoms in total. The van der Waals surface area contributed by atoms with Crippen molar-refractivity contribution in [3.63, 3.8) is 0 Å². The molecule has 0 spiro atoms. The van der Waals surface area contributed by atoms with E-state index in [0.717, 1.165) is 49.3 Å². The standard InChI is InChI=1S/C17H24N2O3.ClH/c1-17(7-2-3-8-19-17)16(20)18-9-6-13-4-5-14-15(12-13)22-11-10-21-14;/h4-5,12,19H,2-3,6-11H2,1H3,(H,18,20);1H. The maximum Gasteiger partial charge on any atom is 0.240 e. The molecule has 1 atom stereocenters. The van der Waals surface area contributed by atoms with Crippen LogP contribution in [0.4, 0.5) is 0 Å². The molecule has 0 saturated carbocycles. The summed E-state index contributed by atoms with van der Waals surface area (Å²) in [5.74, 6) is 1.71. The summed E-state index contributed by atoms with van der Waals surface area (Å²) in [5.41, 5.74) is 0.733. The highest BCUT2D eigenvalue weighted by molar-refractivity contribution is 5.86. The van der Waals surface area contributed by atoms with Crippen molar-refractivity contribution in [1.29, 1.82) is 0 Å². The zero-order valence-electron chi connectivity index (χ0n) is 13.5. The topological polar surface area (TPSA) is 59.6 Å². The number of hydrogen-bond acceptors (Lipinski definition) is 4. The molecular weight excluding hydrogens is 316 g/mol. The lowest BCUT2D eigenvalue weighted by molar-refractivity contribution is -0.127. The normalized spacial score (nSPS) is 22.8. The molecule has 2 aliphatic heterocycles.